The van der Waals surface area contributed by atoms with Gasteiger partial charge in [-0.25, -0.2) is 8.78 Å². The largest absolute Gasteiger partial charge is 0.505 e. The summed E-state index contributed by atoms with van der Waals surface area (Å²) >= 11 is 0. The van der Waals surface area contributed by atoms with E-state index in [1.807, 2.05) is 11.8 Å². The third-order valence-electron chi connectivity index (χ3n) is 3.01. The molecule has 2 rings (SSSR count). The first-order valence-corrected chi connectivity index (χ1v) is 6.08. The second-order valence-corrected chi connectivity index (χ2v) is 4.24. The number of hydrogen-bond donors (Lipinski definition) is 1. The molecule has 2 nitrogen and oxygen atoms in total. The van der Waals surface area contributed by atoms with Gasteiger partial charge in [0.05, 0.1) is 0 Å². The molecule has 0 radical (unpaired) electrons. The molecule has 0 aliphatic carbocycles. The molecule has 0 fully saturated rings. The van der Waals surface area contributed by atoms with Gasteiger partial charge in [0.25, 0.3) is 0 Å². The lowest BCUT2D eigenvalue weighted by molar-refractivity contribution is 0.425. The minimum absolute atomic E-state index is 0.298. The van der Waals surface area contributed by atoms with E-state index in [1.165, 1.54) is 18.2 Å². The molecule has 0 aliphatic rings. The van der Waals surface area contributed by atoms with Crippen LogP contribution in [-0.4, -0.2) is 11.7 Å². The molecule has 4 heteroatoms. The van der Waals surface area contributed by atoms with Crippen LogP contribution in [-0.2, 0) is 6.54 Å². The molecule has 1 N–H and O–H groups in total. The zero-order chi connectivity index (χ0) is 13.8. The molecule has 100 valence electrons. The molecule has 0 aliphatic heterocycles. The van der Waals surface area contributed by atoms with E-state index in [2.05, 4.69) is 0 Å². The Kier molecular flexibility index (Phi) is 4.00. The highest BCUT2D eigenvalue weighted by Gasteiger charge is 2.11. The zero-order valence-electron chi connectivity index (χ0n) is 10.6. The molecular weight excluding hydrogens is 248 g/mol. The molecule has 2 aromatic carbocycles. The molecule has 2 aromatic rings. The summed E-state index contributed by atoms with van der Waals surface area (Å²) in [5.74, 6) is -1.26. The first kappa shape index (κ1) is 13.3. The van der Waals surface area contributed by atoms with Crippen LogP contribution >= 0.6 is 0 Å². The van der Waals surface area contributed by atoms with Crippen LogP contribution in [0.2, 0.25) is 0 Å². The number of phenols is 1. The number of nitrogens with zero attached hydrogens (tertiary/aromatic N) is 1. The molecule has 0 amide bonds. The standard InChI is InChI=1S/C15H15F2NO/c1-2-18(13-8-6-12(16)7-9-13)10-11-4-3-5-14(17)15(11)19/h3-9,19H,2,10H2,1H3. The summed E-state index contributed by atoms with van der Waals surface area (Å²) in [6.45, 7) is 2.98. The number of aromatic hydroxyl groups is 1. The van der Waals surface area contributed by atoms with Gasteiger partial charge in [0.15, 0.2) is 11.6 Å². The SMILES string of the molecule is CCN(Cc1cccc(F)c1O)c1ccc(F)cc1. The normalized spacial score (nSPS) is 10.5. The highest BCUT2D eigenvalue weighted by Crippen LogP contribution is 2.24. The van der Waals surface area contributed by atoms with Gasteiger partial charge in [0.1, 0.15) is 5.82 Å². The number of rotatable bonds is 4. The third kappa shape index (κ3) is 3.02. The summed E-state index contributed by atoms with van der Waals surface area (Å²) < 4.78 is 26.2. The van der Waals surface area contributed by atoms with Crippen LogP contribution < -0.4 is 4.90 Å². The summed E-state index contributed by atoms with van der Waals surface area (Å²) in [6, 6.07) is 10.5. The van der Waals surface area contributed by atoms with Crippen molar-refractivity contribution in [2.24, 2.45) is 0 Å². The smallest absolute Gasteiger partial charge is 0.165 e. The van der Waals surface area contributed by atoms with Crippen molar-refractivity contribution in [1.29, 1.82) is 0 Å². The van der Waals surface area contributed by atoms with Crippen LogP contribution in [0, 0.1) is 11.6 Å². The van der Waals surface area contributed by atoms with E-state index in [0.717, 1.165) is 5.69 Å². The minimum Gasteiger partial charge on any atom is -0.505 e. The molecule has 0 saturated heterocycles. The second kappa shape index (κ2) is 5.69. The summed E-state index contributed by atoms with van der Waals surface area (Å²) in [6.07, 6.45) is 0. The van der Waals surface area contributed by atoms with E-state index < -0.39 is 5.82 Å². The van der Waals surface area contributed by atoms with E-state index in [0.29, 0.717) is 18.7 Å². The van der Waals surface area contributed by atoms with Crippen molar-refractivity contribution in [2.75, 3.05) is 11.4 Å². The second-order valence-electron chi connectivity index (χ2n) is 4.24. The highest BCUT2D eigenvalue weighted by molar-refractivity contribution is 5.48. The van der Waals surface area contributed by atoms with E-state index in [4.69, 9.17) is 0 Å². The van der Waals surface area contributed by atoms with Crippen LogP contribution in [0.1, 0.15) is 12.5 Å². The lowest BCUT2D eigenvalue weighted by Gasteiger charge is -2.23. The summed E-state index contributed by atoms with van der Waals surface area (Å²) in [7, 11) is 0. The van der Waals surface area contributed by atoms with Gasteiger partial charge in [-0.3, -0.25) is 0 Å². The molecule has 19 heavy (non-hydrogen) atoms. The average Bonchev–Trinajstić information content (AvgIpc) is 2.42. The van der Waals surface area contributed by atoms with Crippen LogP contribution in [0.4, 0.5) is 14.5 Å². The van der Waals surface area contributed by atoms with Crippen LogP contribution in [0.5, 0.6) is 5.75 Å². The number of para-hydroxylation sites is 1. The summed E-state index contributed by atoms with van der Waals surface area (Å²) in [5.41, 5.74) is 1.33. The Labute approximate surface area is 110 Å². The van der Waals surface area contributed by atoms with Gasteiger partial charge in [-0.2, -0.15) is 0 Å². The van der Waals surface area contributed by atoms with Crippen LogP contribution in [0.3, 0.4) is 0 Å². The van der Waals surface area contributed by atoms with E-state index in [1.54, 1.807) is 24.3 Å². The molecule has 0 saturated carbocycles. The Morgan fingerprint density at radius 2 is 1.74 bits per heavy atom. The van der Waals surface area contributed by atoms with Crippen LogP contribution in [0.15, 0.2) is 42.5 Å². The molecule has 0 aromatic heterocycles. The quantitative estimate of drug-likeness (QED) is 0.909. The fourth-order valence-corrected chi connectivity index (χ4v) is 1.93. The fraction of sp³-hybridized carbons (Fsp3) is 0.200. The Bertz CT molecular complexity index is 555. The maximum Gasteiger partial charge on any atom is 0.165 e. The van der Waals surface area contributed by atoms with Crippen molar-refractivity contribution < 1.29 is 13.9 Å². The van der Waals surface area contributed by atoms with Gasteiger partial charge in [-0.15, -0.1) is 0 Å². The Morgan fingerprint density at radius 1 is 1.05 bits per heavy atom. The number of hydrogen-bond acceptors (Lipinski definition) is 2. The molecule has 0 spiro atoms. The molecule has 0 unspecified atom stereocenters. The van der Waals surface area contributed by atoms with Gasteiger partial charge in [0.2, 0.25) is 0 Å². The first-order valence-electron chi connectivity index (χ1n) is 6.08. The van der Waals surface area contributed by atoms with E-state index in [9.17, 15) is 13.9 Å². The van der Waals surface area contributed by atoms with Crippen molar-refractivity contribution in [3.63, 3.8) is 0 Å². The molecule has 0 heterocycles. The fourth-order valence-electron chi connectivity index (χ4n) is 1.93. The van der Waals surface area contributed by atoms with Crippen LogP contribution in [0.25, 0.3) is 0 Å². The summed E-state index contributed by atoms with van der Waals surface area (Å²) in [4.78, 5) is 1.92. The predicted molar refractivity (Wildman–Crippen MR) is 71.2 cm³/mol. The van der Waals surface area contributed by atoms with Crippen molar-refractivity contribution in [1.82, 2.24) is 0 Å². The number of phenolic OH excluding ortho intramolecular Hbond substituents is 1. The molecule has 0 atom stereocenters. The van der Waals surface area contributed by atoms with E-state index in [-0.39, 0.29) is 11.6 Å². The predicted octanol–water partition coefficient (Wildman–Crippen LogP) is 3.70. The number of anilines is 1. The molecule has 0 bridgehead atoms. The van der Waals surface area contributed by atoms with Crippen molar-refractivity contribution >= 4 is 5.69 Å². The van der Waals surface area contributed by atoms with Gasteiger partial charge in [-0.1, -0.05) is 12.1 Å². The zero-order valence-corrected chi connectivity index (χ0v) is 10.6. The lowest BCUT2D eigenvalue weighted by Crippen LogP contribution is -2.22. The van der Waals surface area contributed by atoms with E-state index >= 15 is 0 Å². The summed E-state index contributed by atoms with van der Waals surface area (Å²) in [5, 5.41) is 9.67. The Balaban J connectivity index is 2.24. The molecular formula is C15H15F2NO. The topological polar surface area (TPSA) is 23.5 Å². The number of halogens is 2. The maximum absolute atomic E-state index is 13.3. The van der Waals surface area contributed by atoms with Crippen molar-refractivity contribution in [3.8, 4) is 5.75 Å². The van der Waals surface area contributed by atoms with Gasteiger partial charge < -0.3 is 10.0 Å². The van der Waals surface area contributed by atoms with Gasteiger partial charge >= 0.3 is 0 Å². The first-order chi connectivity index (χ1) is 9.11. The van der Waals surface area contributed by atoms with Crippen molar-refractivity contribution in [3.05, 3.63) is 59.7 Å². The highest BCUT2D eigenvalue weighted by atomic mass is 19.1. The van der Waals surface area contributed by atoms with Crippen molar-refractivity contribution in [2.45, 2.75) is 13.5 Å². The van der Waals surface area contributed by atoms with Gasteiger partial charge in [-0.05, 0) is 37.3 Å². The third-order valence-corrected chi connectivity index (χ3v) is 3.01. The minimum atomic E-state index is -0.632. The Morgan fingerprint density at radius 3 is 2.37 bits per heavy atom. The maximum atomic E-state index is 13.3. The Hall–Kier alpha value is -2.10. The average molecular weight is 263 g/mol. The lowest BCUT2D eigenvalue weighted by atomic mass is 10.1. The number of benzene rings is 2. The van der Waals surface area contributed by atoms with Gasteiger partial charge in [0, 0.05) is 24.3 Å². The monoisotopic (exact) mass is 263 g/mol.